The molecule has 0 spiro atoms. The molecular formula is C26H31Cl3N2O3. The number of amides is 2. The summed E-state index contributed by atoms with van der Waals surface area (Å²) >= 11 is 18.6. The molecule has 3 rings (SSSR count). The fourth-order valence-corrected chi connectivity index (χ4v) is 4.74. The average molecular weight is 526 g/mol. The topological polar surface area (TPSA) is 58.6 Å². The first-order chi connectivity index (χ1) is 16.3. The zero-order chi connectivity index (χ0) is 24.5. The van der Waals surface area contributed by atoms with Crippen LogP contribution in [0.2, 0.25) is 15.1 Å². The quantitative estimate of drug-likeness (QED) is 0.352. The molecule has 1 aliphatic carbocycles. The van der Waals surface area contributed by atoms with Crippen molar-refractivity contribution in [3.8, 4) is 5.75 Å². The molecule has 1 N–H and O–H groups in total. The number of hydrogen-bond acceptors (Lipinski definition) is 3. The molecular weight excluding hydrogens is 495 g/mol. The molecule has 1 aliphatic rings. The van der Waals surface area contributed by atoms with Gasteiger partial charge in [-0.2, -0.15) is 0 Å². The number of hydrogen-bond donors (Lipinski definition) is 1. The second-order valence-corrected chi connectivity index (χ2v) is 9.90. The van der Waals surface area contributed by atoms with Gasteiger partial charge >= 0.3 is 0 Å². The number of nitrogens with one attached hydrogen (secondary N) is 1. The summed E-state index contributed by atoms with van der Waals surface area (Å²) in [5, 5.41) is 4.70. The number of halogens is 3. The van der Waals surface area contributed by atoms with Gasteiger partial charge in [0, 0.05) is 39.6 Å². The van der Waals surface area contributed by atoms with Crippen LogP contribution < -0.4 is 10.1 Å². The molecule has 1 fully saturated rings. The van der Waals surface area contributed by atoms with Gasteiger partial charge in [0.1, 0.15) is 11.8 Å². The van der Waals surface area contributed by atoms with E-state index in [1.165, 1.54) is 6.42 Å². The Morgan fingerprint density at radius 2 is 1.68 bits per heavy atom. The molecule has 34 heavy (non-hydrogen) atoms. The van der Waals surface area contributed by atoms with E-state index in [2.05, 4.69) is 5.32 Å². The van der Waals surface area contributed by atoms with E-state index in [-0.39, 0.29) is 30.8 Å². The van der Waals surface area contributed by atoms with Crippen molar-refractivity contribution < 1.29 is 14.3 Å². The van der Waals surface area contributed by atoms with Crippen molar-refractivity contribution in [2.75, 3.05) is 6.61 Å². The van der Waals surface area contributed by atoms with E-state index in [0.29, 0.717) is 39.4 Å². The molecule has 0 heterocycles. The van der Waals surface area contributed by atoms with Crippen molar-refractivity contribution in [3.63, 3.8) is 0 Å². The minimum atomic E-state index is -0.654. The van der Waals surface area contributed by atoms with Crippen LogP contribution in [0.3, 0.4) is 0 Å². The molecule has 0 unspecified atom stereocenters. The van der Waals surface area contributed by atoms with Gasteiger partial charge in [-0.15, -0.1) is 0 Å². The highest BCUT2D eigenvalue weighted by Crippen LogP contribution is 2.27. The van der Waals surface area contributed by atoms with E-state index in [9.17, 15) is 9.59 Å². The fraction of sp³-hybridized carbons (Fsp3) is 0.462. The first-order valence-corrected chi connectivity index (χ1v) is 12.9. The lowest BCUT2D eigenvalue weighted by Crippen LogP contribution is -2.50. The lowest BCUT2D eigenvalue weighted by molar-refractivity contribution is -0.141. The van der Waals surface area contributed by atoms with Gasteiger partial charge in [0.15, 0.2) is 0 Å². The van der Waals surface area contributed by atoms with E-state index in [1.807, 2.05) is 0 Å². The van der Waals surface area contributed by atoms with Gasteiger partial charge in [0.25, 0.3) is 0 Å². The van der Waals surface area contributed by atoms with E-state index in [1.54, 1.807) is 54.3 Å². The van der Waals surface area contributed by atoms with Crippen LogP contribution in [-0.4, -0.2) is 35.4 Å². The normalized spacial score (nSPS) is 14.9. The first-order valence-electron chi connectivity index (χ1n) is 11.8. The van der Waals surface area contributed by atoms with E-state index >= 15 is 0 Å². The van der Waals surface area contributed by atoms with Crippen LogP contribution in [0.4, 0.5) is 0 Å². The van der Waals surface area contributed by atoms with E-state index in [4.69, 9.17) is 39.5 Å². The standard InChI is InChI=1S/C26H31Cl3N2O3/c1-18(26(33)30-20-7-3-2-4-8-20)31(17-22-23(28)9-5-10-24(22)29)25(32)11-6-16-34-21-14-12-19(27)13-15-21/h5,9-10,12-15,18,20H,2-4,6-8,11,16-17H2,1H3,(H,30,33)/t18-/m0/s1. The van der Waals surface area contributed by atoms with Crippen molar-refractivity contribution in [1.29, 1.82) is 0 Å². The molecule has 0 radical (unpaired) electrons. The Hall–Kier alpha value is -1.95. The minimum absolute atomic E-state index is 0.151. The number of carbonyl (C=O) groups excluding carboxylic acids is 2. The Morgan fingerprint density at radius 1 is 1.03 bits per heavy atom. The molecule has 2 aromatic rings. The Labute approximate surface area is 216 Å². The maximum atomic E-state index is 13.3. The Kier molecular flexibility index (Phi) is 10.4. The highest BCUT2D eigenvalue weighted by molar-refractivity contribution is 6.36. The highest BCUT2D eigenvalue weighted by atomic mass is 35.5. The molecule has 8 heteroatoms. The third kappa shape index (κ3) is 7.79. The molecule has 0 bridgehead atoms. The van der Waals surface area contributed by atoms with Crippen molar-refractivity contribution in [3.05, 3.63) is 63.1 Å². The highest BCUT2D eigenvalue weighted by Gasteiger charge is 2.28. The van der Waals surface area contributed by atoms with Gasteiger partial charge in [-0.25, -0.2) is 0 Å². The predicted octanol–water partition coefficient (Wildman–Crippen LogP) is 6.67. The smallest absolute Gasteiger partial charge is 0.242 e. The van der Waals surface area contributed by atoms with Gasteiger partial charge in [-0.3, -0.25) is 9.59 Å². The van der Waals surface area contributed by atoms with Gasteiger partial charge in [-0.05, 0) is 62.6 Å². The molecule has 0 saturated heterocycles. The predicted molar refractivity (Wildman–Crippen MR) is 138 cm³/mol. The van der Waals surface area contributed by atoms with Gasteiger partial charge in [0.05, 0.1) is 6.61 Å². The Morgan fingerprint density at radius 3 is 2.32 bits per heavy atom. The van der Waals surface area contributed by atoms with Crippen molar-refractivity contribution in [2.45, 2.75) is 70.5 Å². The number of carbonyl (C=O) groups is 2. The number of ether oxygens (including phenoxy) is 1. The number of benzene rings is 2. The summed E-state index contributed by atoms with van der Waals surface area (Å²) in [6.07, 6.45) is 6.13. The molecule has 2 aromatic carbocycles. The average Bonchev–Trinajstić information content (AvgIpc) is 2.83. The van der Waals surface area contributed by atoms with Crippen LogP contribution in [0.25, 0.3) is 0 Å². The molecule has 184 valence electrons. The number of nitrogens with zero attached hydrogens (tertiary/aromatic N) is 1. The summed E-state index contributed by atoms with van der Waals surface area (Å²) < 4.78 is 5.71. The Balaban J connectivity index is 1.64. The maximum Gasteiger partial charge on any atom is 0.242 e. The van der Waals surface area contributed by atoms with Crippen LogP contribution in [0, 0.1) is 0 Å². The van der Waals surface area contributed by atoms with Crippen LogP contribution in [0.1, 0.15) is 57.4 Å². The molecule has 1 atom stereocenters. The van der Waals surface area contributed by atoms with Crippen LogP contribution in [-0.2, 0) is 16.1 Å². The summed E-state index contributed by atoms with van der Waals surface area (Å²) in [5.74, 6) is 0.389. The zero-order valence-electron chi connectivity index (χ0n) is 19.4. The molecule has 0 aliphatic heterocycles. The molecule has 2 amide bonds. The summed E-state index contributed by atoms with van der Waals surface area (Å²) in [5.41, 5.74) is 0.633. The van der Waals surface area contributed by atoms with Crippen LogP contribution >= 0.6 is 34.8 Å². The minimum Gasteiger partial charge on any atom is -0.494 e. The zero-order valence-corrected chi connectivity index (χ0v) is 21.6. The molecule has 1 saturated carbocycles. The summed E-state index contributed by atoms with van der Waals surface area (Å²) in [7, 11) is 0. The number of rotatable bonds is 10. The maximum absolute atomic E-state index is 13.3. The lowest BCUT2D eigenvalue weighted by Gasteiger charge is -2.31. The third-order valence-electron chi connectivity index (χ3n) is 6.13. The largest absolute Gasteiger partial charge is 0.494 e. The van der Waals surface area contributed by atoms with Gasteiger partial charge in [0.2, 0.25) is 11.8 Å². The van der Waals surface area contributed by atoms with Gasteiger partial charge < -0.3 is 15.0 Å². The van der Waals surface area contributed by atoms with Crippen molar-refractivity contribution >= 4 is 46.6 Å². The monoisotopic (exact) mass is 524 g/mol. The van der Waals surface area contributed by atoms with Crippen LogP contribution in [0.15, 0.2) is 42.5 Å². The summed E-state index contributed by atoms with van der Waals surface area (Å²) in [6, 6.07) is 11.8. The lowest BCUT2D eigenvalue weighted by atomic mass is 9.95. The van der Waals surface area contributed by atoms with Gasteiger partial charge in [-0.1, -0.05) is 60.1 Å². The second kappa shape index (κ2) is 13.2. The SMILES string of the molecule is C[C@@H](C(=O)NC1CCCCC1)N(Cc1c(Cl)cccc1Cl)C(=O)CCCOc1ccc(Cl)cc1. The van der Waals surface area contributed by atoms with Crippen LogP contribution in [0.5, 0.6) is 5.75 Å². The van der Waals surface area contributed by atoms with Crippen molar-refractivity contribution in [1.82, 2.24) is 10.2 Å². The van der Waals surface area contributed by atoms with Crippen molar-refractivity contribution in [2.24, 2.45) is 0 Å². The molecule has 5 nitrogen and oxygen atoms in total. The summed E-state index contributed by atoms with van der Waals surface area (Å²) in [6.45, 7) is 2.29. The third-order valence-corrected chi connectivity index (χ3v) is 7.09. The van der Waals surface area contributed by atoms with E-state index in [0.717, 1.165) is 25.7 Å². The summed E-state index contributed by atoms with van der Waals surface area (Å²) in [4.78, 5) is 27.9. The fourth-order valence-electron chi connectivity index (χ4n) is 4.09. The second-order valence-electron chi connectivity index (χ2n) is 8.65. The van der Waals surface area contributed by atoms with E-state index < -0.39 is 6.04 Å². The Bertz CT molecular complexity index is 942. The first kappa shape index (κ1) is 26.7. The molecule has 0 aromatic heterocycles.